The van der Waals surface area contributed by atoms with Gasteiger partial charge in [0.1, 0.15) is 0 Å². The lowest BCUT2D eigenvalue weighted by Gasteiger charge is -2.11. The van der Waals surface area contributed by atoms with Crippen molar-refractivity contribution in [1.82, 2.24) is 14.5 Å². The molecular formula is C13H19N5O2S. The Morgan fingerprint density at radius 1 is 1.33 bits per heavy atom. The van der Waals surface area contributed by atoms with Crippen molar-refractivity contribution in [3.05, 3.63) is 30.1 Å². The molecule has 21 heavy (non-hydrogen) atoms. The average molecular weight is 309 g/mol. The van der Waals surface area contributed by atoms with Crippen molar-refractivity contribution < 1.29 is 8.42 Å². The highest BCUT2D eigenvalue weighted by atomic mass is 32.2. The third-order valence-electron chi connectivity index (χ3n) is 3.11. The number of hydrogen-bond acceptors (Lipinski definition) is 5. The Morgan fingerprint density at radius 2 is 2.05 bits per heavy atom. The molecule has 2 aromatic rings. The number of aromatic nitrogens is 2. The van der Waals surface area contributed by atoms with Gasteiger partial charge in [-0.05, 0) is 31.7 Å². The monoisotopic (exact) mass is 309 g/mol. The molecule has 114 valence electrons. The van der Waals surface area contributed by atoms with Crippen LogP contribution in [0.25, 0.3) is 0 Å². The molecule has 0 atom stereocenters. The van der Waals surface area contributed by atoms with Crippen LogP contribution < -0.4 is 15.8 Å². The van der Waals surface area contributed by atoms with E-state index in [0.717, 1.165) is 17.8 Å². The Morgan fingerprint density at radius 3 is 2.67 bits per heavy atom. The van der Waals surface area contributed by atoms with Crippen molar-refractivity contribution in [2.24, 2.45) is 7.05 Å². The highest BCUT2D eigenvalue weighted by molar-refractivity contribution is 7.89. The predicted octanol–water partition coefficient (Wildman–Crippen LogP) is 1.22. The van der Waals surface area contributed by atoms with Gasteiger partial charge in [-0.15, -0.1) is 0 Å². The number of hydrogen-bond donors (Lipinski definition) is 3. The standard InChI is InChI=1S/C13H19N5O2S/c1-4-11-13(8-18(3)17-11)16-12-7-9(5-6-10(12)14)21(19,20)15-2/h5-8,15-16H,4,14H2,1-3H3. The van der Waals surface area contributed by atoms with Gasteiger partial charge >= 0.3 is 0 Å². The van der Waals surface area contributed by atoms with Gasteiger partial charge < -0.3 is 11.1 Å². The summed E-state index contributed by atoms with van der Waals surface area (Å²) in [5, 5.41) is 7.47. The predicted molar refractivity (Wildman–Crippen MR) is 83.0 cm³/mol. The first-order valence-corrected chi connectivity index (χ1v) is 7.98. The van der Waals surface area contributed by atoms with Crippen LogP contribution in [0.2, 0.25) is 0 Å². The summed E-state index contributed by atoms with van der Waals surface area (Å²) < 4.78 is 27.7. The maximum atomic E-state index is 11.8. The van der Waals surface area contributed by atoms with Crippen LogP contribution in [0.15, 0.2) is 29.3 Å². The topological polar surface area (TPSA) is 102 Å². The molecule has 0 saturated carbocycles. The summed E-state index contributed by atoms with van der Waals surface area (Å²) in [7, 11) is -0.308. The van der Waals surface area contributed by atoms with Crippen LogP contribution in [0.3, 0.4) is 0 Å². The second-order valence-electron chi connectivity index (χ2n) is 4.60. The van der Waals surface area contributed by atoms with Gasteiger partial charge in [-0.1, -0.05) is 6.92 Å². The minimum atomic E-state index is -3.51. The first kappa shape index (κ1) is 15.3. The van der Waals surface area contributed by atoms with Crippen molar-refractivity contribution in [3.63, 3.8) is 0 Å². The molecule has 0 saturated heterocycles. The molecule has 0 aliphatic carbocycles. The van der Waals surface area contributed by atoms with E-state index >= 15 is 0 Å². The van der Waals surface area contributed by atoms with E-state index in [0.29, 0.717) is 11.4 Å². The molecule has 0 fully saturated rings. The molecule has 4 N–H and O–H groups in total. The van der Waals surface area contributed by atoms with E-state index in [2.05, 4.69) is 15.1 Å². The zero-order valence-corrected chi connectivity index (χ0v) is 13.0. The van der Waals surface area contributed by atoms with Gasteiger partial charge in [-0.25, -0.2) is 13.1 Å². The number of nitrogens with one attached hydrogen (secondary N) is 2. The van der Waals surface area contributed by atoms with E-state index in [9.17, 15) is 8.42 Å². The minimum absolute atomic E-state index is 0.156. The quantitative estimate of drug-likeness (QED) is 0.721. The van der Waals surface area contributed by atoms with Crippen LogP contribution in [0.4, 0.5) is 17.1 Å². The van der Waals surface area contributed by atoms with Gasteiger partial charge in [0.15, 0.2) is 0 Å². The fraction of sp³-hybridized carbons (Fsp3) is 0.308. The Bertz CT molecular complexity index is 752. The van der Waals surface area contributed by atoms with Gasteiger partial charge in [0.05, 0.1) is 27.7 Å². The Kier molecular flexibility index (Phi) is 4.19. The summed E-state index contributed by atoms with van der Waals surface area (Å²) in [6.07, 6.45) is 2.59. The molecule has 1 heterocycles. The number of aryl methyl sites for hydroxylation is 2. The van der Waals surface area contributed by atoms with Crippen molar-refractivity contribution in [1.29, 1.82) is 0 Å². The lowest BCUT2D eigenvalue weighted by atomic mass is 10.2. The summed E-state index contributed by atoms with van der Waals surface area (Å²) in [4.78, 5) is 0.156. The van der Waals surface area contributed by atoms with Gasteiger partial charge in [0.25, 0.3) is 0 Å². The van der Waals surface area contributed by atoms with Gasteiger partial charge in [0.2, 0.25) is 10.0 Å². The molecule has 0 aliphatic rings. The maximum absolute atomic E-state index is 11.8. The van der Waals surface area contributed by atoms with Crippen LogP contribution in [0, 0.1) is 0 Å². The summed E-state index contributed by atoms with van der Waals surface area (Å²) in [6.45, 7) is 2.00. The van der Waals surface area contributed by atoms with Gasteiger partial charge in [-0.2, -0.15) is 5.10 Å². The van der Waals surface area contributed by atoms with Crippen LogP contribution in [-0.2, 0) is 23.5 Å². The number of nitrogens with zero attached hydrogens (tertiary/aromatic N) is 2. The molecule has 0 spiro atoms. The van der Waals surface area contributed by atoms with E-state index in [1.165, 1.54) is 19.2 Å². The SMILES string of the molecule is CCc1nn(C)cc1Nc1cc(S(=O)(=O)NC)ccc1N. The van der Waals surface area contributed by atoms with Crippen LogP contribution in [-0.4, -0.2) is 25.2 Å². The van der Waals surface area contributed by atoms with Gasteiger partial charge in [-0.3, -0.25) is 4.68 Å². The van der Waals surface area contributed by atoms with E-state index in [-0.39, 0.29) is 4.90 Å². The summed E-state index contributed by atoms with van der Waals surface area (Å²) in [5.41, 5.74) is 8.62. The lowest BCUT2D eigenvalue weighted by molar-refractivity contribution is 0.588. The molecule has 0 aliphatic heterocycles. The van der Waals surface area contributed by atoms with Crippen molar-refractivity contribution in [2.45, 2.75) is 18.2 Å². The van der Waals surface area contributed by atoms with E-state index in [1.54, 1.807) is 10.7 Å². The zero-order chi connectivity index (χ0) is 15.6. The number of nitrogen functional groups attached to an aromatic ring is 1. The fourth-order valence-electron chi connectivity index (χ4n) is 1.97. The number of rotatable bonds is 5. The summed E-state index contributed by atoms with van der Waals surface area (Å²) in [5.74, 6) is 0. The molecule has 0 amide bonds. The van der Waals surface area contributed by atoms with E-state index < -0.39 is 10.0 Å². The summed E-state index contributed by atoms with van der Waals surface area (Å²) in [6, 6.07) is 4.54. The van der Waals surface area contributed by atoms with Crippen molar-refractivity contribution >= 4 is 27.1 Å². The van der Waals surface area contributed by atoms with Crippen molar-refractivity contribution in [3.8, 4) is 0 Å². The number of benzene rings is 1. The smallest absolute Gasteiger partial charge is 0.240 e. The molecule has 0 unspecified atom stereocenters. The highest BCUT2D eigenvalue weighted by Crippen LogP contribution is 2.27. The molecule has 2 rings (SSSR count). The van der Waals surface area contributed by atoms with Crippen LogP contribution >= 0.6 is 0 Å². The largest absolute Gasteiger partial charge is 0.397 e. The molecule has 8 heteroatoms. The van der Waals surface area contributed by atoms with Gasteiger partial charge in [0, 0.05) is 13.2 Å². The minimum Gasteiger partial charge on any atom is -0.397 e. The fourth-order valence-corrected chi connectivity index (χ4v) is 2.73. The molecule has 0 bridgehead atoms. The van der Waals surface area contributed by atoms with E-state index in [4.69, 9.17) is 5.73 Å². The molecule has 1 aromatic heterocycles. The number of anilines is 3. The zero-order valence-electron chi connectivity index (χ0n) is 12.2. The third kappa shape index (κ3) is 3.17. The highest BCUT2D eigenvalue weighted by Gasteiger charge is 2.14. The van der Waals surface area contributed by atoms with Crippen LogP contribution in [0.5, 0.6) is 0 Å². The Balaban J connectivity index is 2.42. The maximum Gasteiger partial charge on any atom is 0.240 e. The molecule has 0 radical (unpaired) electrons. The third-order valence-corrected chi connectivity index (χ3v) is 4.53. The second-order valence-corrected chi connectivity index (χ2v) is 6.48. The molecule has 7 nitrogen and oxygen atoms in total. The Labute approximate surface area is 124 Å². The number of sulfonamides is 1. The van der Waals surface area contributed by atoms with E-state index in [1.807, 2.05) is 20.2 Å². The first-order valence-electron chi connectivity index (χ1n) is 6.50. The number of nitrogens with two attached hydrogens (primary N) is 1. The summed E-state index contributed by atoms with van der Waals surface area (Å²) >= 11 is 0. The lowest BCUT2D eigenvalue weighted by Crippen LogP contribution is -2.18. The molecular weight excluding hydrogens is 290 g/mol. The molecule has 1 aromatic carbocycles. The first-order chi connectivity index (χ1) is 9.87. The Hall–Kier alpha value is -2.06. The average Bonchev–Trinajstić information content (AvgIpc) is 2.81. The van der Waals surface area contributed by atoms with Crippen LogP contribution in [0.1, 0.15) is 12.6 Å². The second kappa shape index (κ2) is 5.74. The normalized spacial score (nSPS) is 11.6. The van der Waals surface area contributed by atoms with Crippen molar-refractivity contribution in [2.75, 3.05) is 18.1 Å².